The van der Waals surface area contributed by atoms with Crippen molar-refractivity contribution < 1.29 is 9.53 Å². The summed E-state index contributed by atoms with van der Waals surface area (Å²) in [5.74, 6) is 2.54. The van der Waals surface area contributed by atoms with Crippen LogP contribution in [0.4, 0.5) is 11.5 Å². The Labute approximate surface area is 195 Å². The third kappa shape index (κ3) is 3.70. The molecular weight excluding hydrogens is 436 g/mol. The summed E-state index contributed by atoms with van der Waals surface area (Å²) >= 11 is 1.69. The highest BCUT2D eigenvalue weighted by atomic mass is 32.1. The highest BCUT2D eigenvalue weighted by Crippen LogP contribution is 2.42. The van der Waals surface area contributed by atoms with Crippen molar-refractivity contribution in [3.63, 3.8) is 0 Å². The largest absolute Gasteiger partial charge is 0.494 e. The highest BCUT2D eigenvalue weighted by Gasteiger charge is 2.32. The first-order chi connectivity index (χ1) is 16.1. The minimum absolute atomic E-state index is 0.0577. The predicted octanol–water partition coefficient (Wildman–Crippen LogP) is 4.29. The van der Waals surface area contributed by atoms with E-state index in [1.54, 1.807) is 31.0 Å². The van der Waals surface area contributed by atoms with Gasteiger partial charge in [0.15, 0.2) is 0 Å². The Hall–Kier alpha value is -3.20. The van der Waals surface area contributed by atoms with Gasteiger partial charge in [-0.15, -0.1) is 11.3 Å². The van der Waals surface area contributed by atoms with Gasteiger partial charge in [0.1, 0.15) is 22.7 Å². The number of nitrogens with one attached hydrogen (secondary N) is 2. The molecule has 0 aliphatic heterocycles. The van der Waals surface area contributed by atoms with Crippen LogP contribution in [0.15, 0.2) is 24.7 Å². The van der Waals surface area contributed by atoms with Crippen LogP contribution in [0.1, 0.15) is 29.7 Å². The van der Waals surface area contributed by atoms with Crippen molar-refractivity contribution in [1.29, 1.82) is 0 Å². The molecule has 2 N–H and O–H groups in total. The summed E-state index contributed by atoms with van der Waals surface area (Å²) in [5.41, 5.74) is 3.02. The highest BCUT2D eigenvalue weighted by molar-refractivity contribution is 7.19. The molecule has 0 spiro atoms. The average molecular weight is 463 g/mol. The number of aryl methyl sites for hydroxylation is 1. The van der Waals surface area contributed by atoms with Gasteiger partial charge < -0.3 is 15.0 Å². The first-order valence-corrected chi connectivity index (χ1v) is 12.2. The number of anilines is 2. The molecule has 1 atom stereocenters. The van der Waals surface area contributed by atoms with E-state index in [1.165, 1.54) is 23.3 Å². The molecule has 1 unspecified atom stereocenters. The number of methoxy groups -OCH3 is 1. The van der Waals surface area contributed by atoms with Gasteiger partial charge in [-0.05, 0) is 49.7 Å². The van der Waals surface area contributed by atoms with Crippen LogP contribution in [0.2, 0.25) is 0 Å². The predicted molar refractivity (Wildman–Crippen MR) is 129 cm³/mol. The first-order valence-electron chi connectivity index (χ1n) is 11.4. The lowest BCUT2D eigenvalue weighted by atomic mass is 9.87. The van der Waals surface area contributed by atoms with Gasteiger partial charge in [-0.25, -0.2) is 9.97 Å². The molecule has 9 heteroatoms. The number of fused-ring (bicyclic) bond motifs is 4. The van der Waals surface area contributed by atoms with E-state index >= 15 is 0 Å². The lowest BCUT2D eigenvalue weighted by Gasteiger charge is -2.26. The molecule has 1 fully saturated rings. The van der Waals surface area contributed by atoms with Gasteiger partial charge in [-0.2, -0.15) is 5.10 Å². The Morgan fingerprint density at radius 1 is 1.30 bits per heavy atom. The standard InChI is InChI=1S/C24H26N6O2S/c1-30(11-13-3-4-13)24(31)14-5-6-16-20(8-14)33-23-21(16)22(25-12-26-23)28-18-7-15-10-27-29-17(15)9-19(18)32-2/h7,9-10,12-14H,3-6,8,11H2,1-2H3,(H,27,29)(H,25,26,28). The summed E-state index contributed by atoms with van der Waals surface area (Å²) in [5, 5.41) is 12.6. The number of rotatable bonds is 6. The fourth-order valence-corrected chi connectivity index (χ4v) is 6.14. The molecule has 3 heterocycles. The quantitative estimate of drug-likeness (QED) is 0.444. The summed E-state index contributed by atoms with van der Waals surface area (Å²) in [6, 6.07) is 3.94. The molecule has 4 aromatic rings. The van der Waals surface area contributed by atoms with Crippen molar-refractivity contribution in [2.75, 3.05) is 26.0 Å². The lowest BCUT2D eigenvalue weighted by Crippen LogP contribution is -2.36. The van der Waals surface area contributed by atoms with Crippen molar-refractivity contribution in [3.8, 4) is 5.75 Å². The number of hydrogen-bond donors (Lipinski definition) is 2. The van der Waals surface area contributed by atoms with E-state index in [0.717, 1.165) is 58.4 Å². The Balaban J connectivity index is 1.31. The number of benzene rings is 1. The summed E-state index contributed by atoms with van der Waals surface area (Å²) < 4.78 is 5.60. The number of carbonyl (C=O) groups is 1. The number of carbonyl (C=O) groups excluding carboxylic acids is 1. The number of aromatic amines is 1. The molecular formula is C24H26N6O2S. The van der Waals surface area contributed by atoms with E-state index in [2.05, 4.69) is 25.5 Å². The molecule has 170 valence electrons. The molecule has 6 rings (SSSR count). The second kappa shape index (κ2) is 7.98. The van der Waals surface area contributed by atoms with Crippen LogP contribution in [0.5, 0.6) is 5.75 Å². The zero-order valence-corrected chi connectivity index (χ0v) is 19.5. The summed E-state index contributed by atoms with van der Waals surface area (Å²) in [6.07, 6.45) is 8.42. The van der Waals surface area contributed by atoms with Crippen LogP contribution in [0, 0.1) is 11.8 Å². The molecule has 0 bridgehead atoms. The van der Waals surface area contributed by atoms with E-state index in [0.29, 0.717) is 11.7 Å². The third-order valence-electron chi connectivity index (χ3n) is 6.81. The lowest BCUT2D eigenvalue weighted by molar-refractivity contribution is -0.134. The molecule has 1 amide bonds. The van der Waals surface area contributed by atoms with Gasteiger partial charge in [0, 0.05) is 35.8 Å². The van der Waals surface area contributed by atoms with Crippen LogP contribution in [0.25, 0.3) is 21.1 Å². The fourth-order valence-electron chi connectivity index (χ4n) is 4.87. The van der Waals surface area contributed by atoms with E-state index < -0.39 is 0 Å². The molecule has 2 aliphatic rings. The maximum atomic E-state index is 13.0. The van der Waals surface area contributed by atoms with Crippen LogP contribution in [-0.4, -0.2) is 51.7 Å². The monoisotopic (exact) mass is 462 g/mol. The van der Waals surface area contributed by atoms with Crippen LogP contribution >= 0.6 is 11.3 Å². The van der Waals surface area contributed by atoms with Crippen molar-refractivity contribution in [2.45, 2.75) is 32.1 Å². The topological polar surface area (TPSA) is 96.0 Å². The zero-order valence-electron chi connectivity index (χ0n) is 18.7. The van der Waals surface area contributed by atoms with Gasteiger partial charge in [0.05, 0.1) is 29.9 Å². The van der Waals surface area contributed by atoms with Crippen LogP contribution < -0.4 is 10.1 Å². The van der Waals surface area contributed by atoms with E-state index in [4.69, 9.17) is 4.74 Å². The van der Waals surface area contributed by atoms with Crippen molar-refractivity contribution >= 4 is 49.9 Å². The normalized spacial score (nSPS) is 17.8. The zero-order chi connectivity index (χ0) is 22.5. The molecule has 8 nitrogen and oxygen atoms in total. The van der Waals surface area contributed by atoms with Gasteiger partial charge in [-0.3, -0.25) is 9.89 Å². The maximum absolute atomic E-state index is 13.0. The Bertz CT molecular complexity index is 1360. The maximum Gasteiger partial charge on any atom is 0.225 e. The minimum Gasteiger partial charge on any atom is -0.494 e. The van der Waals surface area contributed by atoms with E-state index in [9.17, 15) is 4.79 Å². The fraction of sp³-hybridized carbons (Fsp3) is 0.417. The SMILES string of the molecule is COc1cc2[nH]ncc2cc1Nc1ncnc2sc3c(c12)CCC(C(=O)N(C)CC1CC1)C3. The number of nitrogens with zero attached hydrogens (tertiary/aromatic N) is 4. The van der Waals surface area contributed by atoms with Crippen molar-refractivity contribution in [2.24, 2.45) is 11.8 Å². The Morgan fingerprint density at radius 2 is 2.18 bits per heavy atom. The van der Waals surface area contributed by atoms with E-state index in [1.807, 2.05) is 24.1 Å². The van der Waals surface area contributed by atoms with Gasteiger partial charge in [0.2, 0.25) is 5.91 Å². The van der Waals surface area contributed by atoms with Crippen LogP contribution in [-0.2, 0) is 17.6 Å². The average Bonchev–Trinajstić information content (AvgIpc) is 3.38. The molecule has 0 radical (unpaired) electrons. The summed E-state index contributed by atoms with van der Waals surface area (Å²) in [7, 11) is 3.61. The van der Waals surface area contributed by atoms with Crippen molar-refractivity contribution in [3.05, 3.63) is 35.1 Å². The summed E-state index contributed by atoms with van der Waals surface area (Å²) in [6.45, 7) is 0.900. The second-order valence-electron chi connectivity index (χ2n) is 9.14. The summed E-state index contributed by atoms with van der Waals surface area (Å²) in [4.78, 5) is 26.3. The number of aromatic nitrogens is 4. The number of H-pyrrole nitrogens is 1. The molecule has 2 aliphatic carbocycles. The molecule has 1 aromatic carbocycles. The molecule has 1 saturated carbocycles. The number of hydrogen-bond acceptors (Lipinski definition) is 7. The molecule has 33 heavy (non-hydrogen) atoms. The molecule has 3 aromatic heterocycles. The Kier molecular flexibility index (Phi) is 4.94. The third-order valence-corrected chi connectivity index (χ3v) is 7.98. The Morgan fingerprint density at radius 3 is 3.00 bits per heavy atom. The number of thiophene rings is 1. The van der Waals surface area contributed by atoms with Crippen molar-refractivity contribution in [1.82, 2.24) is 25.1 Å². The number of amides is 1. The first kappa shape index (κ1) is 20.4. The van der Waals surface area contributed by atoms with Crippen LogP contribution in [0.3, 0.4) is 0 Å². The van der Waals surface area contributed by atoms with Gasteiger partial charge >= 0.3 is 0 Å². The van der Waals surface area contributed by atoms with Gasteiger partial charge in [-0.1, -0.05) is 0 Å². The minimum atomic E-state index is 0.0577. The van der Waals surface area contributed by atoms with E-state index in [-0.39, 0.29) is 11.8 Å². The number of ether oxygens (including phenoxy) is 1. The van der Waals surface area contributed by atoms with Gasteiger partial charge in [0.25, 0.3) is 0 Å². The smallest absolute Gasteiger partial charge is 0.225 e. The second-order valence-corrected chi connectivity index (χ2v) is 10.2. The molecule has 0 saturated heterocycles.